The highest BCUT2D eigenvalue weighted by atomic mass is 32.1. The SMILES string of the molecule is Cc1ccsc1C(=O)N1CCCCC1C1CCCCC1=O. The number of ketones is 1. The Morgan fingerprint density at radius 2 is 2.05 bits per heavy atom. The van der Waals surface area contributed by atoms with Crippen LogP contribution in [0.15, 0.2) is 11.4 Å². The smallest absolute Gasteiger partial charge is 0.264 e. The molecule has 114 valence electrons. The van der Waals surface area contributed by atoms with E-state index in [9.17, 15) is 9.59 Å². The van der Waals surface area contributed by atoms with Crippen molar-refractivity contribution in [2.45, 2.75) is 57.9 Å². The second-order valence-electron chi connectivity index (χ2n) is 6.31. The Morgan fingerprint density at radius 1 is 1.24 bits per heavy atom. The summed E-state index contributed by atoms with van der Waals surface area (Å²) in [7, 11) is 0. The van der Waals surface area contributed by atoms with E-state index in [1.54, 1.807) is 0 Å². The Labute approximate surface area is 130 Å². The Morgan fingerprint density at radius 3 is 2.76 bits per heavy atom. The average Bonchev–Trinajstić information content (AvgIpc) is 2.93. The molecule has 1 saturated heterocycles. The van der Waals surface area contributed by atoms with E-state index < -0.39 is 0 Å². The predicted molar refractivity (Wildman–Crippen MR) is 84.7 cm³/mol. The van der Waals surface area contributed by atoms with E-state index in [4.69, 9.17) is 0 Å². The van der Waals surface area contributed by atoms with Gasteiger partial charge in [-0.05, 0) is 56.0 Å². The molecular weight excluding hydrogens is 282 g/mol. The van der Waals surface area contributed by atoms with Gasteiger partial charge in [-0.1, -0.05) is 6.42 Å². The standard InChI is InChI=1S/C17H23NO2S/c1-12-9-11-21-16(12)17(20)18-10-5-4-7-14(18)13-6-2-3-8-15(13)19/h9,11,13-14H,2-8,10H2,1H3. The molecule has 1 aliphatic carbocycles. The van der Waals surface area contributed by atoms with Crippen LogP contribution >= 0.6 is 11.3 Å². The van der Waals surface area contributed by atoms with E-state index in [-0.39, 0.29) is 17.9 Å². The molecule has 1 aromatic rings. The largest absolute Gasteiger partial charge is 0.334 e. The van der Waals surface area contributed by atoms with Crippen molar-refractivity contribution < 1.29 is 9.59 Å². The van der Waals surface area contributed by atoms with Crippen molar-refractivity contribution in [1.29, 1.82) is 0 Å². The first-order chi connectivity index (χ1) is 10.2. The molecule has 2 heterocycles. The van der Waals surface area contributed by atoms with Crippen molar-refractivity contribution in [3.05, 3.63) is 21.9 Å². The fourth-order valence-corrected chi connectivity index (χ4v) is 4.65. The normalized spacial score (nSPS) is 26.9. The molecule has 2 atom stereocenters. The van der Waals surface area contributed by atoms with Gasteiger partial charge in [0.1, 0.15) is 5.78 Å². The molecular formula is C17H23NO2S. The monoisotopic (exact) mass is 305 g/mol. The number of rotatable bonds is 2. The highest BCUT2D eigenvalue weighted by Crippen LogP contribution is 2.33. The van der Waals surface area contributed by atoms with Gasteiger partial charge in [-0.25, -0.2) is 0 Å². The van der Waals surface area contributed by atoms with E-state index in [1.807, 2.05) is 23.3 Å². The third-order valence-corrected chi connectivity index (χ3v) is 5.94. The van der Waals surface area contributed by atoms with Gasteiger partial charge >= 0.3 is 0 Å². The first kappa shape index (κ1) is 14.8. The molecule has 0 radical (unpaired) electrons. The molecule has 1 amide bonds. The molecule has 1 aromatic heterocycles. The van der Waals surface area contributed by atoms with Gasteiger partial charge in [-0.15, -0.1) is 11.3 Å². The summed E-state index contributed by atoms with van der Waals surface area (Å²) in [6, 6.07) is 2.14. The Balaban J connectivity index is 1.82. The number of aryl methyl sites for hydroxylation is 1. The van der Waals surface area contributed by atoms with Gasteiger partial charge in [0.05, 0.1) is 4.88 Å². The number of nitrogens with zero attached hydrogens (tertiary/aromatic N) is 1. The van der Waals surface area contributed by atoms with Crippen LogP contribution in [0.2, 0.25) is 0 Å². The average molecular weight is 305 g/mol. The lowest BCUT2D eigenvalue weighted by Crippen LogP contribution is -2.50. The Kier molecular flexibility index (Phi) is 4.43. The number of amides is 1. The van der Waals surface area contributed by atoms with Crippen molar-refractivity contribution in [3.8, 4) is 0 Å². The topological polar surface area (TPSA) is 37.4 Å². The van der Waals surface area contributed by atoms with Gasteiger partial charge in [0.2, 0.25) is 0 Å². The second-order valence-corrected chi connectivity index (χ2v) is 7.23. The van der Waals surface area contributed by atoms with Crippen LogP contribution in [-0.4, -0.2) is 29.2 Å². The number of likely N-dealkylation sites (tertiary alicyclic amines) is 1. The Hall–Kier alpha value is -1.16. The predicted octanol–water partition coefficient (Wildman–Crippen LogP) is 3.81. The van der Waals surface area contributed by atoms with Crippen LogP contribution in [0.3, 0.4) is 0 Å². The van der Waals surface area contributed by atoms with Gasteiger partial charge in [0.25, 0.3) is 5.91 Å². The van der Waals surface area contributed by atoms with Gasteiger partial charge in [0, 0.05) is 24.9 Å². The third-order valence-electron chi connectivity index (χ3n) is 4.93. The minimum atomic E-state index is 0.0864. The zero-order chi connectivity index (χ0) is 14.8. The lowest BCUT2D eigenvalue weighted by molar-refractivity contribution is -0.127. The molecule has 0 bridgehead atoms. The van der Waals surface area contributed by atoms with Gasteiger partial charge in [-0.3, -0.25) is 9.59 Å². The van der Waals surface area contributed by atoms with Crippen LogP contribution in [0.1, 0.15) is 60.2 Å². The van der Waals surface area contributed by atoms with Crippen LogP contribution in [0.25, 0.3) is 0 Å². The molecule has 2 aliphatic rings. The van der Waals surface area contributed by atoms with E-state index in [2.05, 4.69) is 0 Å². The molecule has 0 N–H and O–H groups in total. The van der Waals surface area contributed by atoms with Crippen LogP contribution in [0.5, 0.6) is 0 Å². The molecule has 2 unspecified atom stereocenters. The van der Waals surface area contributed by atoms with E-state index in [0.717, 1.165) is 55.5 Å². The van der Waals surface area contributed by atoms with Crippen LogP contribution in [0, 0.1) is 12.8 Å². The summed E-state index contributed by atoms with van der Waals surface area (Å²) in [4.78, 5) is 28.0. The van der Waals surface area contributed by atoms with Gasteiger partial charge < -0.3 is 4.90 Å². The quantitative estimate of drug-likeness (QED) is 0.833. The minimum Gasteiger partial charge on any atom is -0.334 e. The summed E-state index contributed by atoms with van der Waals surface area (Å²) in [5, 5.41) is 1.98. The molecule has 1 aliphatic heterocycles. The summed E-state index contributed by atoms with van der Waals surface area (Å²) in [6.45, 7) is 2.80. The molecule has 4 heteroatoms. The van der Waals surface area contributed by atoms with E-state index in [0.29, 0.717) is 12.2 Å². The maximum absolute atomic E-state index is 12.9. The molecule has 0 spiro atoms. The van der Waals surface area contributed by atoms with Gasteiger partial charge in [0.15, 0.2) is 0 Å². The van der Waals surface area contributed by atoms with Crippen molar-refractivity contribution in [2.75, 3.05) is 6.54 Å². The highest BCUT2D eigenvalue weighted by molar-refractivity contribution is 7.12. The first-order valence-corrected chi connectivity index (χ1v) is 8.94. The zero-order valence-electron chi connectivity index (χ0n) is 12.6. The van der Waals surface area contributed by atoms with Gasteiger partial charge in [-0.2, -0.15) is 0 Å². The second kappa shape index (κ2) is 6.30. The van der Waals surface area contributed by atoms with Crippen LogP contribution < -0.4 is 0 Å². The van der Waals surface area contributed by atoms with E-state index in [1.165, 1.54) is 11.3 Å². The van der Waals surface area contributed by atoms with Crippen molar-refractivity contribution >= 4 is 23.0 Å². The summed E-state index contributed by atoms with van der Waals surface area (Å²) < 4.78 is 0. The molecule has 3 nitrogen and oxygen atoms in total. The third kappa shape index (κ3) is 2.91. The molecule has 3 rings (SSSR count). The Bertz CT molecular complexity index is 537. The number of carbonyl (C=O) groups excluding carboxylic acids is 2. The molecule has 0 aromatic carbocycles. The number of Topliss-reactive ketones (excluding diaryl/α,β-unsaturated/α-hetero) is 1. The number of carbonyl (C=O) groups is 2. The van der Waals surface area contributed by atoms with Crippen molar-refractivity contribution in [3.63, 3.8) is 0 Å². The summed E-state index contributed by atoms with van der Waals surface area (Å²) in [6.07, 6.45) is 7.03. The maximum Gasteiger partial charge on any atom is 0.264 e. The zero-order valence-corrected chi connectivity index (χ0v) is 13.5. The van der Waals surface area contributed by atoms with Crippen molar-refractivity contribution in [1.82, 2.24) is 4.90 Å². The molecule has 2 fully saturated rings. The first-order valence-electron chi connectivity index (χ1n) is 8.06. The number of hydrogen-bond acceptors (Lipinski definition) is 3. The summed E-state index contributed by atoms with van der Waals surface area (Å²) in [5.41, 5.74) is 1.06. The molecule has 1 saturated carbocycles. The lowest BCUT2D eigenvalue weighted by atomic mass is 9.79. The van der Waals surface area contributed by atoms with Crippen LogP contribution in [0.4, 0.5) is 0 Å². The summed E-state index contributed by atoms with van der Waals surface area (Å²) >= 11 is 1.52. The summed E-state index contributed by atoms with van der Waals surface area (Å²) in [5.74, 6) is 0.614. The number of thiophene rings is 1. The lowest BCUT2D eigenvalue weighted by Gasteiger charge is -2.41. The molecule has 21 heavy (non-hydrogen) atoms. The maximum atomic E-state index is 12.9. The van der Waals surface area contributed by atoms with Crippen molar-refractivity contribution in [2.24, 2.45) is 5.92 Å². The number of hydrogen-bond donors (Lipinski definition) is 0. The fourth-order valence-electron chi connectivity index (χ4n) is 3.77. The fraction of sp³-hybridized carbons (Fsp3) is 0.647. The van der Waals surface area contributed by atoms with Crippen LogP contribution in [-0.2, 0) is 4.79 Å². The number of piperidine rings is 1. The highest BCUT2D eigenvalue weighted by Gasteiger charge is 2.38. The van der Waals surface area contributed by atoms with E-state index >= 15 is 0 Å². The minimum absolute atomic E-state index is 0.0864.